The van der Waals surface area contributed by atoms with Crippen LogP contribution in [0.1, 0.15) is 0 Å². The fourth-order valence-corrected chi connectivity index (χ4v) is 0.636. The smallest absolute Gasteiger partial charge is 0.282 e. The molecule has 0 bridgehead atoms. The molecule has 8 heavy (non-hydrogen) atoms. The number of hydrogen-bond donors (Lipinski definition) is 2. The fourth-order valence-electron chi connectivity index (χ4n) is 0.412. The van der Waals surface area contributed by atoms with E-state index >= 15 is 0 Å². The summed E-state index contributed by atoms with van der Waals surface area (Å²) in [6, 6.07) is 0. The van der Waals surface area contributed by atoms with E-state index in [2.05, 4.69) is 22.3 Å². The molecule has 1 rings (SSSR count). The molecular weight excluding hydrogens is 126 g/mol. The zero-order valence-electron chi connectivity index (χ0n) is 4.26. The van der Waals surface area contributed by atoms with Gasteiger partial charge in [0.25, 0.3) is 0 Å². The van der Waals surface area contributed by atoms with Crippen LogP contribution in [0, 0.1) is 4.77 Å². The minimum Gasteiger partial charge on any atom is -0.282 e. The average Bonchev–Trinajstić information content (AvgIpc) is 1.85. The van der Waals surface area contributed by atoms with Crippen molar-refractivity contribution in [2.45, 2.75) is 0 Å². The Bertz CT molecular complexity index is 279. The molecule has 0 amide bonds. The van der Waals surface area contributed by atoms with Crippen molar-refractivity contribution in [2.24, 2.45) is 7.05 Å². The molecule has 0 unspecified atom stereocenters. The molecule has 0 aromatic carbocycles. The molecule has 1 heterocycles. The molecule has 44 valence electrons. The Labute approximate surface area is 50.1 Å². The number of rotatable bonds is 0. The average molecular weight is 131 g/mol. The number of aryl methyl sites for hydroxylation is 1. The van der Waals surface area contributed by atoms with E-state index in [1.165, 1.54) is 4.68 Å². The van der Waals surface area contributed by atoms with Crippen LogP contribution >= 0.6 is 12.2 Å². The molecule has 0 spiro atoms. The summed E-state index contributed by atoms with van der Waals surface area (Å²) < 4.78 is 1.64. The fraction of sp³-hybridized carbons (Fsp3) is 0.333. The Morgan fingerprint density at radius 2 is 2.38 bits per heavy atom. The van der Waals surface area contributed by atoms with Crippen LogP contribution in [-0.2, 0) is 7.05 Å². The number of hydrogen-bond acceptors (Lipinski definition) is 2. The number of nitrogens with zero attached hydrogens (tertiary/aromatic N) is 1. The summed E-state index contributed by atoms with van der Waals surface area (Å²) >= 11 is 4.59. The van der Waals surface area contributed by atoms with Gasteiger partial charge in [0.05, 0.1) is 0 Å². The van der Waals surface area contributed by atoms with Gasteiger partial charge in [0.2, 0.25) is 0 Å². The lowest BCUT2D eigenvalue weighted by Gasteiger charge is -1.78. The van der Waals surface area contributed by atoms with Crippen LogP contribution in [0.2, 0.25) is 0 Å². The quantitative estimate of drug-likeness (QED) is 0.478. The third kappa shape index (κ3) is 0.717. The first kappa shape index (κ1) is 5.30. The highest BCUT2D eigenvalue weighted by Gasteiger charge is 1.85. The van der Waals surface area contributed by atoms with Crippen molar-refractivity contribution >= 4 is 12.2 Å². The van der Waals surface area contributed by atoms with Crippen LogP contribution in [-0.4, -0.2) is 14.8 Å². The second-order valence-electron chi connectivity index (χ2n) is 1.43. The maximum absolute atomic E-state index is 10.4. The monoisotopic (exact) mass is 131 g/mol. The van der Waals surface area contributed by atoms with E-state index in [9.17, 15) is 4.79 Å². The Morgan fingerprint density at radius 1 is 1.75 bits per heavy atom. The Hall–Kier alpha value is -0.840. The molecule has 0 aliphatic carbocycles. The maximum atomic E-state index is 10.4. The van der Waals surface area contributed by atoms with Crippen LogP contribution in [0.25, 0.3) is 0 Å². The topological polar surface area (TPSA) is 53.6 Å². The predicted octanol–water partition coefficient (Wildman–Crippen LogP) is -0.229. The first-order valence-electron chi connectivity index (χ1n) is 2.05. The first-order valence-corrected chi connectivity index (χ1v) is 2.46. The van der Waals surface area contributed by atoms with Crippen molar-refractivity contribution in [3.05, 3.63) is 15.3 Å². The Kier molecular flexibility index (Phi) is 1.05. The van der Waals surface area contributed by atoms with Gasteiger partial charge in [-0.25, -0.2) is 9.48 Å². The molecule has 0 aliphatic rings. The maximum Gasteiger partial charge on any atom is 0.342 e. The third-order valence-corrected chi connectivity index (χ3v) is 0.988. The van der Waals surface area contributed by atoms with Gasteiger partial charge < -0.3 is 0 Å². The SMILES string of the molecule is Cn1[nH]c(=S)[nH]c1=O. The standard InChI is InChI=1S/C3H5N3OS/c1-6-3(7)4-2(8)5-6/h1H3,(H2,4,5,7,8). The van der Waals surface area contributed by atoms with Crippen molar-refractivity contribution in [2.75, 3.05) is 0 Å². The van der Waals surface area contributed by atoms with Crippen LogP contribution in [0.5, 0.6) is 0 Å². The van der Waals surface area contributed by atoms with Gasteiger partial charge in [-0.2, -0.15) is 0 Å². The Morgan fingerprint density at radius 3 is 2.50 bits per heavy atom. The van der Waals surface area contributed by atoms with Gasteiger partial charge in [-0.1, -0.05) is 0 Å². The van der Waals surface area contributed by atoms with E-state index in [-0.39, 0.29) is 5.69 Å². The molecule has 2 N–H and O–H groups in total. The molecule has 4 nitrogen and oxygen atoms in total. The van der Waals surface area contributed by atoms with E-state index in [1.54, 1.807) is 7.05 Å². The molecule has 0 saturated carbocycles. The van der Waals surface area contributed by atoms with E-state index in [1.807, 2.05) is 0 Å². The third-order valence-electron chi connectivity index (χ3n) is 0.794. The summed E-state index contributed by atoms with van der Waals surface area (Å²) in [5.41, 5.74) is -0.213. The van der Waals surface area contributed by atoms with Crippen molar-refractivity contribution < 1.29 is 0 Å². The van der Waals surface area contributed by atoms with Crippen molar-refractivity contribution in [3.63, 3.8) is 0 Å². The van der Waals surface area contributed by atoms with Gasteiger partial charge in [0, 0.05) is 7.05 Å². The summed E-state index contributed by atoms with van der Waals surface area (Å²) in [4.78, 5) is 12.8. The highest BCUT2D eigenvalue weighted by Crippen LogP contribution is 1.66. The number of aromatic nitrogens is 3. The highest BCUT2D eigenvalue weighted by atomic mass is 32.1. The van der Waals surface area contributed by atoms with Gasteiger partial charge in [-0.3, -0.25) is 10.1 Å². The number of nitrogens with one attached hydrogen (secondary N) is 2. The minimum atomic E-state index is -0.213. The van der Waals surface area contributed by atoms with Crippen LogP contribution < -0.4 is 5.69 Å². The van der Waals surface area contributed by atoms with Gasteiger partial charge in [-0.05, 0) is 12.2 Å². The molecule has 1 aromatic rings. The molecular formula is C3H5N3OS. The van der Waals surface area contributed by atoms with E-state index in [0.29, 0.717) is 4.77 Å². The van der Waals surface area contributed by atoms with Crippen LogP contribution in [0.3, 0.4) is 0 Å². The van der Waals surface area contributed by atoms with E-state index in [4.69, 9.17) is 0 Å². The zero-order chi connectivity index (χ0) is 6.15. The number of aromatic amines is 2. The normalized spacial score (nSPS) is 9.62. The number of H-pyrrole nitrogens is 2. The Balaban J connectivity index is 3.59. The molecule has 0 atom stereocenters. The molecule has 5 heteroatoms. The second-order valence-corrected chi connectivity index (χ2v) is 1.84. The second kappa shape index (κ2) is 1.59. The van der Waals surface area contributed by atoms with Gasteiger partial charge in [-0.15, -0.1) is 0 Å². The van der Waals surface area contributed by atoms with E-state index < -0.39 is 0 Å². The lowest BCUT2D eigenvalue weighted by molar-refractivity contribution is 0.732. The van der Waals surface area contributed by atoms with Crippen LogP contribution in [0.4, 0.5) is 0 Å². The summed E-state index contributed by atoms with van der Waals surface area (Å²) in [6.07, 6.45) is 0. The van der Waals surface area contributed by atoms with Crippen LogP contribution in [0.15, 0.2) is 4.79 Å². The highest BCUT2D eigenvalue weighted by molar-refractivity contribution is 7.71. The first-order chi connectivity index (χ1) is 3.70. The van der Waals surface area contributed by atoms with Crippen molar-refractivity contribution in [1.29, 1.82) is 0 Å². The van der Waals surface area contributed by atoms with Gasteiger partial charge in [0.1, 0.15) is 0 Å². The van der Waals surface area contributed by atoms with Crippen molar-refractivity contribution in [1.82, 2.24) is 14.8 Å². The van der Waals surface area contributed by atoms with Crippen molar-refractivity contribution in [3.8, 4) is 0 Å². The molecule has 0 fully saturated rings. The molecule has 0 radical (unpaired) electrons. The van der Waals surface area contributed by atoms with Gasteiger partial charge in [0.15, 0.2) is 4.77 Å². The molecule has 0 saturated heterocycles. The summed E-state index contributed by atoms with van der Waals surface area (Å²) in [6.45, 7) is 0. The summed E-state index contributed by atoms with van der Waals surface area (Å²) in [7, 11) is 1.59. The lowest BCUT2D eigenvalue weighted by Crippen LogP contribution is -2.13. The summed E-state index contributed by atoms with van der Waals surface area (Å²) in [5, 5.41) is 2.57. The van der Waals surface area contributed by atoms with Gasteiger partial charge >= 0.3 is 5.69 Å². The molecule has 1 aromatic heterocycles. The minimum absolute atomic E-state index is 0.213. The molecule has 0 aliphatic heterocycles. The lowest BCUT2D eigenvalue weighted by atomic mass is 11.2. The van der Waals surface area contributed by atoms with E-state index in [0.717, 1.165) is 0 Å². The predicted molar refractivity (Wildman–Crippen MR) is 31.2 cm³/mol. The zero-order valence-corrected chi connectivity index (χ0v) is 5.08. The summed E-state index contributed by atoms with van der Waals surface area (Å²) in [5.74, 6) is 0. The largest absolute Gasteiger partial charge is 0.342 e.